The van der Waals surface area contributed by atoms with E-state index in [1.807, 2.05) is 0 Å². The second-order valence-electron chi connectivity index (χ2n) is 12.1. The molecular weight excluding hydrogens is 684 g/mol. The fourth-order valence-corrected chi connectivity index (χ4v) is 5.91. The number of nitrogens with zero attached hydrogens (tertiary/aromatic N) is 1. The van der Waals surface area contributed by atoms with Crippen LogP contribution in [-0.2, 0) is 33.6 Å². The first-order valence-corrected chi connectivity index (χ1v) is 16.2. The molecule has 1 fully saturated rings. The standard InChI is InChI=1S/C34H36N6O12/c35-25(41)11-9-22(32(50)37-16-28(45)46)39-33(51)24-6-3-13-40(24)34(52)23(10-12-27(43)44)38-26(42)15-36-31(49)17-7-8-19-18-4-1-2-5-20(18)29(47)30(48)21(19)14-17/h1-2,4-5,7-8,14,22-24H,3,6,9-13,15-16H2,(H2,35,41)(H,36,49)(H,37,50)(H,38,42)(H,39,51)(H,43,44)(H,45,46). The molecule has 0 radical (unpaired) electrons. The second kappa shape index (κ2) is 17.0. The fraction of sp³-hybridized carbons (Fsp3) is 0.353. The predicted octanol–water partition coefficient (Wildman–Crippen LogP) is -1.25. The monoisotopic (exact) mass is 720 g/mol. The van der Waals surface area contributed by atoms with Gasteiger partial charge in [0.1, 0.15) is 24.7 Å². The zero-order valence-corrected chi connectivity index (χ0v) is 27.6. The highest BCUT2D eigenvalue weighted by Crippen LogP contribution is 2.33. The van der Waals surface area contributed by atoms with E-state index < -0.39 is 96.6 Å². The quantitative estimate of drug-likeness (QED) is 0.100. The Morgan fingerprint density at radius 2 is 1.42 bits per heavy atom. The number of benzene rings is 2. The van der Waals surface area contributed by atoms with Gasteiger partial charge in [0.15, 0.2) is 0 Å². The molecule has 2 aromatic rings. The van der Waals surface area contributed by atoms with Crippen LogP contribution in [0.5, 0.6) is 0 Å². The lowest BCUT2D eigenvalue weighted by molar-refractivity contribution is -0.143. The van der Waals surface area contributed by atoms with E-state index in [2.05, 4.69) is 21.3 Å². The van der Waals surface area contributed by atoms with Crippen molar-refractivity contribution in [3.63, 3.8) is 0 Å². The number of nitrogens with one attached hydrogen (secondary N) is 4. The Balaban J connectivity index is 1.42. The van der Waals surface area contributed by atoms with Crippen LogP contribution in [0.1, 0.15) is 69.6 Å². The average Bonchev–Trinajstić information content (AvgIpc) is 3.61. The van der Waals surface area contributed by atoms with Crippen LogP contribution in [0.2, 0.25) is 0 Å². The van der Waals surface area contributed by atoms with Crippen molar-refractivity contribution >= 4 is 58.9 Å². The maximum atomic E-state index is 13.6. The molecule has 1 aliphatic carbocycles. The van der Waals surface area contributed by atoms with Gasteiger partial charge in [0.05, 0.1) is 6.54 Å². The number of carboxylic acid groups (broad SMARTS) is 2. The number of carbonyl (C=O) groups excluding carboxylic acids is 8. The first-order valence-electron chi connectivity index (χ1n) is 16.2. The third-order valence-electron chi connectivity index (χ3n) is 8.45. The Kier molecular flexibility index (Phi) is 12.5. The van der Waals surface area contributed by atoms with E-state index in [1.165, 1.54) is 24.3 Å². The lowest BCUT2D eigenvalue weighted by Crippen LogP contribution is -2.57. The van der Waals surface area contributed by atoms with E-state index in [0.29, 0.717) is 17.5 Å². The van der Waals surface area contributed by atoms with Crippen LogP contribution in [0.3, 0.4) is 0 Å². The van der Waals surface area contributed by atoms with Gasteiger partial charge in [-0.15, -0.1) is 0 Å². The molecule has 4 rings (SSSR count). The summed E-state index contributed by atoms with van der Waals surface area (Å²) in [4.78, 5) is 125. The summed E-state index contributed by atoms with van der Waals surface area (Å²) in [5.41, 5.74) is 6.40. The van der Waals surface area contributed by atoms with Gasteiger partial charge in [-0.05, 0) is 48.9 Å². The molecule has 3 unspecified atom stereocenters. The zero-order chi connectivity index (χ0) is 38.1. The minimum absolute atomic E-state index is 0.0180. The van der Waals surface area contributed by atoms with Crippen molar-refractivity contribution in [3.8, 4) is 11.1 Å². The number of hydrogen-bond donors (Lipinski definition) is 7. The molecule has 6 amide bonds. The Morgan fingerprint density at radius 1 is 0.769 bits per heavy atom. The lowest BCUT2D eigenvalue weighted by atomic mass is 9.83. The van der Waals surface area contributed by atoms with Crippen molar-refractivity contribution in [3.05, 3.63) is 59.2 Å². The van der Waals surface area contributed by atoms with Gasteiger partial charge in [0, 0.05) is 36.1 Å². The van der Waals surface area contributed by atoms with Gasteiger partial charge in [-0.25, -0.2) is 0 Å². The molecular formula is C34H36N6O12. The molecule has 8 N–H and O–H groups in total. The molecule has 2 aliphatic rings. The van der Waals surface area contributed by atoms with Gasteiger partial charge in [0.2, 0.25) is 41.1 Å². The van der Waals surface area contributed by atoms with E-state index in [0.717, 1.165) is 4.90 Å². The summed E-state index contributed by atoms with van der Waals surface area (Å²) in [6.45, 7) is -1.39. The van der Waals surface area contributed by atoms with Crippen LogP contribution in [0.25, 0.3) is 11.1 Å². The minimum atomic E-state index is -1.44. The van der Waals surface area contributed by atoms with Gasteiger partial charge in [0.25, 0.3) is 5.91 Å². The van der Waals surface area contributed by atoms with Crippen molar-refractivity contribution < 1.29 is 58.2 Å². The summed E-state index contributed by atoms with van der Waals surface area (Å²) in [7, 11) is 0. The molecule has 0 bridgehead atoms. The number of carboxylic acids is 2. The number of rotatable bonds is 16. The summed E-state index contributed by atoms with van der Waals surface area (Å²) < 4.78 is 0. The van der Waals surface area contributed by atoms with E-state index in [1.54, 1.807) is 18.2 Å². The van der Waals surface area contributed by atoms with Crippen molar-refractivity contribution in [2.75, 3.05) is 19.6 Å². The molecule has 274 valence electrons. The van der Waals surface area contributed by atoms with Gasteiger partial charge in [-0.3, -0.25) is 47.9 Å². The predicted molar refractivity (Wildman–Crippen MR) is 177 cm³/mol. The van der Waals surface area contributed by atoms with E-state index in [-0.39, 0.29) is 48.9 Å². The van der Waals surface area contributed by atoms with Crippen LogP contribution >= 0.6 is 0 Å². The Hall–Kier alpha value is -6.46. The minimum Gasteiger partial charge on any atom is -0.481 e. The largest absolute Gasteiger partial charge is 0.481 e. The molecule has 0 spiro atoms. The fourth-order valence-electron chi connectivity index (χ4n) is 5.91. The number of ketones is 2. The number of nitrogens with two attached hydrogens (primary N) is 1. The summed E-state index contributed by atoms with van der Waals surface area (Å²) in [5, 5.41) is 27.4. The first kappa shape index (κ1) is 38.3. The van der Waals surface area contributed by atoms with Crippen LogP contribution < -0.4 is 27.0 Å². The number of hydrogen-bond acceptors (Lipinski definition) is 10. The normalized spacial score (nSPS) is 15.7. The molecule has 0 saturated carbocycles. The summed E-state index contributed by atoms with van der Waals surface area (Å²) in [6.07, 6.45) is -1.04. The van der Waals surface area contributed by atoms with E-state index in [9.17, 15) is 53.1 Å². The van der Waals surface area contributed by atoms with Crippen LogP contribution in [-0.4, -0.2) is 112 Å². The zero-order valence-electron chi connectivity index (χ0n) is 27.6. The Labute approximate surface area is 295 Å². The van der Waals surface area contributed by atoms with Crippen molar-refractivity contribution in [1.82, 2.24) is 26.2 Å². The van der Waals surface area contributed by atoms with Crippen molar-refractivity contribution in [2.24, 2.45) is 5.73 Å². The first-order chi connectivity index (χ1) is 24.7. The number of primary amides is 1. The number of likely N-dealkylation sites (tertiary alicyclic amines) is 1. The van der Waals surface area contributed by atoms with Gasteiger partial charge in [-0.1, -0.05) is 30.3 Å². The SMILES string of the molecule is NC(=O)CCC(NC(=O)C1CCCN1C(=O)C(CCC(=O)O)NC(=O)CNC(=O)c1ccc2c(c1)C(=O)C(=O)c1ccccc1-2)C(=O)NCC(=O)O. The maximum absolute atomic E-state index is 13.6. The highest BCUT2D eigenvalue weighted by molar-refractivity contribution is 6.53. The number of Topliss-reactive ketones (excluding diaryl/α,β-unsaturated/α-hetero) is 2. The molecule has 3 atom stereocenters. The molecule has 2 aromatic carbocycles. The molecule has 18 heteroatoms. The summed E-state index contributed by atoms with van der Waals surface area (Å²) in [5.74, 6) is -9.10. The van der Waals surface area contributed by atoms with Gasteiger partial charge in [-0.2, -0.15) is 0 Å². The van der Waals surface area contributed by atoms with Crippen LogP contribution in [0.4, 0.5) is 0 Å². The molecule has 1 heterocycles. The van der Waals surface area contributed by atoms with Gasteiger partial charge < -0.3 is 42.1 Å². The average molecular weight is 721 g/mol. The Bertz CT molecular complexity index is 1840. The third-order valence-corrected chi connectivity index (χ3v) is 8.45. The summed E-state index contributed by atoms with van der Waals surface area (Å²) in [6, 6.07) is 6.74. The van der Waals surface area contributed by atoms with Crippen LogP contribution in [0, 0.1) is 0 Å². The Morgan fingerprint density at radius 3 is 2.10 bits per heavy atom. The number of carbonyl (C=O) groups is 10. The highest BCUT2D eigenvalue weighted by atomic mass is 16.4. The highest BCUT2D eigenvalue weighted by Gasteiger charge is 2.39. The molecule has 0 aromatic heterocycles. The smallest absolute Gasteiger partial charge is 0.322 e. The second-order valence-corrected chi connectivity index (χ2v) is 12.1. The van der Waals surface area contributed by atoms with Crippen molar-refractivity contribution in [1.29, 1.82) is 0 Å². The van der Waals surface area contributed by atoms with E-state index in [4.69, 9.17) is 10.8 Å². The van der Waals surface area contributed by atoms with Gasteiger partial charge >= 0.3 is 11.9 Å². The lowest BCUT2D eigenvalue weighted by Gasteiger charge is -2.29. The topological polar surface area (TPSA) is 289 Å². The number of amides is 6. The summed E-state index contributed by atoms with van der Waals surface area (Å²) >= 11 is 0. The molecule has 52 heavy (non-hydrogen) atoms. The molecule has 1 saturated heterocycles. The van der Waals surface area contributed by atoms with Crippen LogP contribution in [0.15, 0.2) is 42.5 Å². The maximum Gasteiger partial charge on any atom is 0.322 e. The third kappa shape index (κ3) is 9.40. The van der Waals surface area contributed by atoms with E-state index >= 15 is 0 Å². The van der Waals surface area contributed by atoms with Crippen molar-refractivity contribution in [2.45, 2.75) is 56.7 Å². The number of fused-ring (bicyclic) bond motifs is 3. The molecule has 1 aliphatic heterocycles. The molecule has 18 nitrogen and oxygen atoms in total. The number of aliphatic carboxylic acids is 2.